The van der Waals surface area contributed by atoms with Crippen molar-refractivity contribution in [2.45, 2.75) is 84.0 Å². The van der Waals surface area contributed by atoms with Gasteiger partial charge in [-0.1, -0.05) is 37.5 Å². The van der Waals surface area contributed by atoms with Crippen molar-refractivity contribution < 1.29 is 19.1 Å². The zero-order chi connectivity index (χ0) is 23.4. The van der Waals surface area contributed by atoms with Crippen LogP contribution in [-0.2, 0) is 14.4 Å². The van der Waals surface area contributed by atoms with E-state index in [2.05, 4.69) is 10.6 Å². The number of nitrogens with one attached hydrogen (secondary N) is 2. The highest BCUT2D eigenvalue weighted by Gasteiger charge is 2.07. The molecule has 0 aromatic heterocycles. The van der Waals surface area contributed by atoms with Crippen LogP contribution in [0.3, 0.4) is 0 Å². The van der Waals surface area contributed by atoms with Crippen molar-refractivity contribution in [3.8, 4) is 5.75 Å². The van der Waals surface area contributed by atoms with E-state index in [1.54, 1.807) is 6.07 Å². The van der Waals surface area contributed by atoms with Crippen LogP contribution in [0.5, 0.6) is 5.75 Å². The Morgan fingerprint density at radius 2 is 1.28 bits per heavy atom. The number of para-hydroxylation sites is 1. The van der Waals surface area contributed by atoms with Gasteiger partial charge in [-0.3, -0.25) is 14.4 Å². The van der Waals surface area contributed by atoms with Gasteiger partial charge in [0.25, 0.3) is 0 Å². The van der Waals surface area contributed by atoms with E-state index >= 15 is 0 Å². The summed E-state index contributed by atoms with van der Waals surface area (Å²) in [6.07, 6.45) is 9.42. The number of esters is 1. The molecule has 0 heterocycles. The van der Waals surface area contributed by atoms with E-state index in [1.165, 1.54) is 0 Å². The summed E-state index contributed by atoms with van der Waals surface area (Å²) in [6, 6.07) is 7.47. The van der Waals surface area contributed by atoms with E-state index in [-0.39, 0.29) is 17.8 Å². The fraction of sp³-hybridized carbons (Fsp3) is 0.640. The standard InChI is InChI=1S/C25H41N3O4/c1-21-13-8-9-14-22(21)32-25(31)17-7-4-12-20-28-24(30)16-6-3-11-19-27-23(29)15-5-2-10-18-26/h8-9,13-14H,2-7,10-12,15-20,26H2,1H3,(H,27,29)(H,28,30). The Bertz CT molecular complexity index is 679. The van der Waals surface area contributed by atoms with Crippen molar-refractivity contribution in [3.63, 3.8) is 0 Å². The van der Waals surface area contributed by atoms with Gasteiger partial charge in [0.2, 0.25) is 11.8 Å². The molecule has 7 nitrogen and oxygen atoms in total. The van der Waals surface area contributed by atoms with Crippen LogP contribution in [0.2, 0.25) is 0 Å². The zero-order valence-corrected chi connectivity index (χ0v) is 19.6. The molecule has 4 N–H and O–H groups in total. The van der Waals surface area contributed by atoms with E-state index in [1.807, 2.05) is 25.1 Å². The van der Waals surface area contributed by atoms with Crippen molar-refractivity contribution in [2.24, 2.45) is 5.73 Å². The first kappa shape index (κ1) is 27.6. The third kappa shape index (κ3) is 14.6. The lowest BCUT2D eigenvalue weighted by Gasteiger charge is -2.08. The minimum absolute atomic E-state index is 0.0629. The second kappa shape index (κ2) is 18.2. The third-order valence-electron chi connectivity index (χ3n) is 5.21. The van der Waals surface area contributed by atoms with E-state index in [4.69, 9.17) is 10.5 Å². The van der Waals surface area contributed by atoms with Crippen LogP contribution in [0.15, 0.2) is 24.3 Å². The van der Waals surface area contributed by atoms with Gasteiger partial charge in [0.15, 0.2) is 0 Å². The van der Waals surface area contributed by atoms with E-state index in [0.717, 1.165) is 63.4 Å². The molecule has 1 aromatic rings. The van der Waals surface area contributed by atoms with Gasteiger partial charge in [-0.05, 0) is 63.6 Å². The highest BCUT2D eigenvalue weighted by atomic mass is 16.5. The van der Waals surface area contributed by atoms with Gasteiger partial charge in [0.1, 0.15) is 5.75 Å². The monoisotopic (exact) mass is 447 g/mol. The summed E-state index contributed by atoms with van der Waals surface area (Å²) in [5.41, 5.74) is 6.38. The van der Waals surface area contributed by atoms with Crippen LogP contribution in [0.4, 0.5) is 0 Å². The molecular formula is C25H41N3O4. The number of ether oxygens (including phenoxy) is 1. The molecule has 0 aliphatic rings. The maximum absolute atomic E-state index is 11.9. The van der Waals surface area contributed by atoms with Gasteiger partial charge in [0.05, 0.1) is 0 Å². The SMILES string of the molecule is Cc1ccccc1OC(=O)CCCCCNC(=O)CCCCCNC(=O)CCCCCN. The second-order valence-corrected chi connectivity index (χ2v) is 8.16. The molecule has 1 aromatic carbocycles. The smallest absolute Gasteiger partial charge is 0.311 e. The molecule has 0 saturated heterocycles. The first-order chi connectivity index (χ1) is 15.5. The van der Waals surface area contributed by atoms with Crippen LogP contribution in [0, 0.1) is 6.92 Å². The summed E-state index contributed by atoms with van der Waals surface area (Å²) in [6.45, 7) is 3.90. The Kier molecular flexibility index (Phi) is 15.7. The quantitative estimate of drug-likeness (QED) is 0.180. The molecule has 180 valence electrons. The molecule has 0 aliphatic heterocycles. The Hall–Kier alpha value is -2.41. The molecule has 7 heteroatoms. The van der Waals surface area contributed by atoms with Gasteiger partial charge < -0.3 is 21.1 Å². The number of benzene rings is 1. The molecular weight excluding hydrogens is 406 g/mol. The average molecular weight is 448 g/mol. The van der Waals surface area contributed by atoms with Gasteiger partial charge in [-0.15, -0.1) is 0 Å². The van der Waals surface area contributed by atoms with Crippen LogP contribution >= 0.6 is 0 Å². The summed E-state index contributed by atoms with van der Waals surface area (Å²) in [4.78, 5) is 35.4. The Labute approximate surface area is 192 Å². The highest BCUT2D eigenvalue weighted by Crippen LogP contribution is 2.17. The van der Waals surface area contributed by atoms with Gasteiger partial charge in [0, 0.05) is 32.4 Å². The maximum atomic E-state index is 11.9. The summed E-state index contributed by atoms with van der Waals surface area (Å²) in [5.74, 6) is 0.563. The number of unbranched alkanes of at least 4 members (excludes halogenated alkanes) is 6. The number of carbonyl (C=O) groups is 3. The molecule has 1 rings (SSSR count). The van der Waals surface area contributed by atoms with Gasteiger partial charge >= 0.3 is 5.97 Å². The summed E-state index contributed by atoms with van der Waals surface area (Å²) in [5, 5.41) is 5.85. The van der Waals surface area contributed by atoms with Crippen molar-refractivity contribution >= 4 is 17.8 Å². The second-order valence-electron chi connectivity index (χ2n) is 8.16. The summed E-state index contributed by atoms with van der Waals surface area (Å²) >= 11 is 0. The predicted molar refractivity (Wildman–Crippen MR) is 127 cm³/mol. The lowest BCUT2D eigenvalue weighted by molar-refractivity contribution is -0.134. The zero-order valence-electron chi connectivity index (χ0n) is 19.6. The normalized spacial score (nSPS) is 10.6. The highest BCUT2D eigenvalue weighted by molar-refractivity contribution is 5.76. The molecule has 0 radical (unpaired) electrons. The minimum Gasteiger partial charge on any atom is -0.426 e. The van der Waals surface area contributed by atoms with Crippen molar-refractivity contribution in [1.29, 1.82) is 0 Å². The lowest BCUT2D eigenvalue weighted by atomic mass is 10.1. The number of nitrogens with two attached hydrogens (primary N) is 1. The third-order valence-corrected chi connectivity index (χ3v) is 5.21. The molecule has 0 bridgehead atoms. The Balaban J connectivity index is 1.91. The fourth-order valence-electron chi connectivity index (χ4n) is 3.24. The Morgan fingerprint density at radius 3 is 1.84 bits per heavy atom. The largest absolute Gasteiger partial charge is 0.426 e. The van der Waals surface area contributed by atoms with Crippen LogP contribution in [0.25, 0.3) is 0 Å². The molecule has 0 saturated carbocycles. The summed E-state index contributed by atoms with van der Waals surface area (Å²) < 4.78 is 5.37. The molecule has 32 heavy (non-hydrogen) atoms. The molecule has 0 atom stereocenters. The molecule has 0 spiro atoms. The Morgan fingerprint density at radius 1 is 0.750 bits per heavy atom. The first-order valence-electron chi connectivity index (χ1n) is 12.0. The fourth-order valence-corrected chi connectivity index (χ4v) is 3.24. The molecule has 2 amide bonds. The number of amides is 2. The maximum Gasteiger partial charge on any atom is 0.311 e. The van der Waals surface area contributed by atoms with Crippen molar-refractivity contribution in [3.05, 3.63) is 29.8 Å². The van der Waals surface area contributed by atoms with Crippen molar-refractivity contribution in [2.75, 3.05) is 19.6 Å². The van der Waals surface area contributed by atoms with Crippen LogP contribution in [-0.4, -0.2) is 37.4 Å². The predicted octanol–water partition coefficient (Wildman–Crippen LogP) is 3.77. The van der Waals surface area contributed by atoms with E-state index in [0.29, 0.717) is 44.6 Å². The van der Waals surface area contributed by atoms with E-state index < -0.39 is 0 Å². The minimum atomic E-state index is -0.217. The average Bonchev–Trinajstić information content (AvgIpc) is 2.77. The number of carbonyl (C=O) groups excluding carboxylic acids is 3. The number of rotatable bonds is 18. The molecule has 0 unspecified atom stereocenters. The number of aryl methyl sites for hydroxylation is 1. The lowest BCUT2D eigenvalue weighted by Crippen LogP contribution is -2.25. The van der Waals surface area contributed by atoms with Crippen molar-refractivity contribution in [1.82, 2.24) is 10.6 Å². The van der Waals surface area contributed by atoms with Crippen LogP contribution in [0.1, 0.15) is 82.6 Å². The van der Waals surface area contributed by atoms with Gasteiger partial charge in [-0.25, -0.2) is 0 Å². The molecule has 0 fully saturated rings. The number of hydrogen-bond donors (Lipinski definition) is 3. The molecule has 0 aliphatic carbocycles. The number of hydrogen-bond acceptors (Lipinski definition) is 5. The van der Waals surface area contributed by atoms with Gasteiger partial charge in [-0.2, -0.15) is 0 Å². The van der Waals surface area contributed by atoms with E-state index in [9.17, 15) is 14.4 Å². The topological polar surface area (TPSA) is 111 Å². The van der Waals surface area contributed by atoms with Crippen LogP contribution < -0.4 is 21.1 Å². The summed E-state index contributed by atoms with van der Waals surface area (Å²) in [7, 11) is 0. The first-order valence-corrected chi connectivity index (χ1v) is 12.0.